The van der Waals surface area contributed by atoms with Gasteiger partial charge in [-0.1, -0.05) is 52.7 Å². The summed E-state index contributed by atoms with van der Waals surface area (Å²) in [6.07, 6.45) is 6.13. The molecule has 0 saturated heterocycles. The number of unbranched alkanes of at least 4 members (excludes halogenated alkanes) is 1. The van der Waals surface area contributed by atoms with E-state index in [-0.39, 0.29) is 0 Å². The van der Waals surface area contributed by atoms with Crippen LogP contribution >= 0.6 is 0 Å². The third-order valence-corrected chi connectivity index (χ3v) is 1.42. The molecule has 0 aromatic carbocycles. The number of rotatable bonds is 3. The smallest absolute Gasteiger partial charge is 0.0323 e. The van der Waals surface area contributed by atoms with E-state index in [4.69, 9.17) is 0 Å². The molecule has 0 fully saturated rings. The molecule has 0 heterocycles. The first-order valence-electron chi connectivity index (χ1n) is 5.43. The molecule has 0 unspecified atom stereocenters. The molecule has 0 saturated carbocycles. The van der Waals surface area contributed by atoms with E-state index in [2.05, 4.69) is 26.8 Å². The predicted molar refractivity (Wildman–Crippen MR) is 61.7 cm³/mol. The molecule has 12 heavy (non-hydrogen) atoms. The summed E-state index contributed by atoms with van der Waals surface area (Å²) < 4.78 is 0. The quantitative estimate of drug-likeness (QED) is 0.514. The number of allylic oxidation sites excluding steroid dienone is 2. The van der Waals surface area contributed by atoms with Crippen LogP contribution in [0.15, 0.2) is 11.6 Å². The van der Waals surface area contributed by atoms with E-state index in [1.54, 1.807) is 0 Å². The molecule has 0 aliphatic heterocycles. The second kappa shape index (κ2) is 22.4. The molecule has 0 aliphatic rings. The van der Waals surface area contributed by atoms with E-state index < -0.39 is 0 Å². The summed E-state index contributed by atoms with van der Waals surface area (Å²) in [5.74, 6) is 0. The first-order valence-corrected chi connectivity index (χ1v) is 5.43. The zero-order chi connectivity index (χ0) is 10.4. The molecule has 0 heteroatoms. The van der Waals surface area contributed by atoms with Gasteiger partial charge in [0.1, 0.15) is 0 Å². The normalized spacial score (nSPS) is 9.08. The summed E-state index contributed by atoms with van der Waals surface area (Å²) in [5, 5.41) is 0. The Labute approximate surface area is 80.1 Å². The molecule has 76 valence electrons. The molecule has 0 spiro atoms. The van der Waals surface area contributed by atoms with Crippen LogP contribution in [0.1, 0.15) is 67.7 Å². The second-order valence-corrected chi connectivity index (χ2v) is 2.24. The lowest BCUT2D eigenvalue weighted by Gasteiger charge is -1.94. The fourth-order valence-corrected chi connectivity index (χ4v) is 0.600. The fourth-order valence-electron chi connectivity index (χ4n) is 0.600. The highest BCUT2D eigenvalue weighted by atomic mass is 13.9. The van der Waals surface area contributed by atoms with Crippen LogP contribution in [0.3, 0.4) is 0 Å². The Morgan fingerprint density at radius 3 is 1.75 bits per heavy atom. The zero-order valence-corrected chi connectivity index (χ0v) is 10.2. The third-order valence-electron chi connectivity index (χ3n) is 1.42. The molecule has 0 atom stereocenters. The topological polar surface area (TPSA) is 0 Å². The second-order valence-electron chi connectivity index (χ2n) is 2.24. The minimum absolute atomic E-state index is 1.28. The Morgan fingerprint density at radius 2 is 1.50 bits per heavy atom. The SMILES string of the molecule is C/C=C(\C)CCCC.CC.CC. The van der Waals surface area contributed by atoms with Gasteiger partial charge >= 0.3 is 0 Å². The minimum atomic E-state index is 1.28. The lowest BCUT2D eigenvalue weighted by molar-refractivity contribution is 0.786. The Bertz CT molecular complexity index is 70.1. The van der Waals surface area contributed by atoms with Crippen molar-refractivity contribution in [1.82, 2.24) is 0 Å². The maximum absolute atomic E-state index is 2.23. The summed E-state index contributed by atoms with van der Waals surface area (Å²) in [6.45, 7) is 14.5. The van der Waals surface area contributed by atoms with Gasteiger partial charge in [-0.2, -0.15) is 0 Å². The third kappa shape index (κ3) is 22.6. The van der Waals surface area contributed by atoms with Gasteiger partial charge in [-0.25, -0.2) is 0 Å². The van der Waals surface area contributed by atoms with E-state index in [1.807, 2.05) is 27.7 Å². The van der Waals surface area contributed by atoms with Crippen molar-refractivity contribution in [2.45, 2.75) is 67.7 Å². The molecule has 0 radical (unpaired) electrons. The monoisotopic (exact) mass is 172 g/mol. The summed E-state index contributed by atoms with van der Waals surface area (Å²) in [6, 6.07) is 0. The van der Waals surface area contributed by atoms with Crippen molar-refractivity contribution in [1.29, 1.82) is 0 Å². The highest BCUT2D eigenvalue weighted by Crippen LogP contribution is 2.04. The molecule has 0 N–H and O–H groups in total. The van der Waals surface area contributed by atoms with Gasteiger partial charge < -0.3 is 0 Å². The molecule has 0 bridgehead atoms. The van der Waals surface area contributed by atoms with Gasteiger partial charge in [-0.15, -0.1) is 0 Å². The van der Waals surface area contributed by atoms with Gasteiger partial charge in [0.25, 0.3) is 0 Å². The van der Waals surface area contributed by atoms with Gasteiger partial charge in [0.2, 0.25) is 0 Å². The van der Waals surface area contributed by atoms with Gasteiger partial charge in [-0.3, -0.25) is 0 Å². The summed E-state index contributed by atoms with van der Waals surface area (Å²) in [7, 11) is 0. The van der Waals surface area contributed by atoms with Crippen LogP contribution in [-0.2, 0) is 0 Å². The molecular weight excluding hydrogens is 144 g/mol. The fraction of sp³-hybridized carbons (Fsp3) is 0.833. The molecule has 0 aromatic heterocycles. The zero-order valence-electron chi connectivity index (χ0n) is 10.2. The maximum Gasteiger partial charge on any atom is -0.0323 e. The van der Waals surface area contributed by atoms with Crippen molar-refractivity contribution < 1.29 is 0 Å². The minimum Gasteiger partial charge on any atom is -0.0887 e. The number of hydrogen-bond acceptors (Lipinski definition) is 0. The highest BCUT2D eigenvalue weighted by molar-refractivity contribution is 4.94. The molecular formula is C12H28. The van der Waals surface area contributed by atoms with Gasteiger partial charge in [0.15, 0.2) is 0 Å². The predicted octanol–water partition coefficient (Wildman–Crippen LogP) is 5.20. The van der Waals surface area contributed by atoms with E-state index in [0.29, 0.717) is 0 Å². The lowest BCUT2D eigenvalue weighted by Crippen LogP contribution is -1.74. The molecule has 0 aliphatic carbocycles. The van der Waals surface area contributed by atoms with Crippen LogP contribution in [0.2, 0.25) is 0 Å². The van der Waals surface area contributed by atoms with Crippen molar-refractivity contribution in [3.05, 3.63) is 11.6 Å². The molecule has 0 rings (SSSR count). The van der Waals surface area contributed by atoms with Crippen molar-refractivity contribution in [3.63, 3.8) is 0 Å². The highest BCUT2D eigenvalue weighted by Gasteiger charge is 1.83. The summed E-state index contributed by atoms with van der Waals surface area (Å²) >= 11 is 0. The Morgan fingerprint density at radius 1 is 1.08 bits per heavy atom. The Balaban J connectivity index is -0.000000175. The van der Waals surface area contributed by atoms with Crippen LogP contribution in [0, 0.1) is 0 Å². The first kappa shape index (κ1) is 17.7. The Hall–Kier alpha value is -0.260. The maximum atomic E-state index is 2.23. The van der Waals surface area contributed by atoms with Crippen LogP contribution in [0.25, 0.3) is 0 Å². The van der Waals surface area contributed by atoms with Gasteiger partial charge in [0, 0.05) is 0 Å². The average molecular weight is 172 g/mol. The number of hydrogen-bond donors (Lipinski definition) is 0. The van der Waals surface area contributed by atoms with Gasteiger partial charge in [0.05, 0.1) is 0 Å². The molecule has 0 amide bonds. The van der Waals surface area contributed by atoms with Crippen LogP contribution < -0.4 is 0 Å². The van der Waals surface area contributed by atoms with Crippen LogP contribution in [0.4, 0.5) is 0 Å². The summed E-state index contributed by atoms with van der Waals surface area (Å²) in [4.78, 5) is 0. The van der Waals surface area contributed by atoms with Crippen molar-refractivity contribution in [2.24, 2.45) is 0 Å². The van der Waals surface area contributed by atoms with Crippen molar-refractivity contribution in [2.75, 3.05) is 0 Å². The van der Waals surface area contributed by atoms with Crippen LogP contribution in [-0.4, -0.2) is 0 Å². The largest absolute Gasteiger partial charge is 0.0887 e. The van der Waals surface area contributed by atoms with Crippen molar-refractivity contribution >= 4 is 0 Å². The molecule has 0 aromatic rings. The van der Waals surface area contributed by atoms with E-state index in [1.165, 1.54) is 24.8 Å². The standard InChI is InChI=1S/C8H16.2C2H6/c1-4-6-7-8(3)5-2;2*1-2/h5H,4,6-7H2,1-3H3;2*1-2H3/b8-5+;;. The summed E-state index contributed by atoms with van der Waals surface area (Å²) in [5.41, 5.74) is 1.52. The van der Waals surface area contributed by atoms with Gasteiger partial charge in [-0.05, 0) is 26.7 Å². The Kier molecular flexibility index (Phi) is 33.1. The van der Waals surface area contributed by atoms with E-state index >= 15 is 0 Å². The van der Waals surface area contributed by atoms with E-state index in [0.717, 1.165) is 0 Å². The van der Waals surface area contributed by atoms with Crippen LogP contribution in [0.5, 0.6) is 0 Å². The average Bonchev–Trinajstić information content (AvgIpc) is 2.20. The van der Waals surface area contributed by atoms with Crippen molar-refractivity contribution in [3.8, 4) is 0 Å². The first-order chi connectivity index (χ1) is 5.81. The molecule has 0 nitrogen and oxygen atoms in total. The van der Waals surface area contributed by atoms with E-state index in [9.17, 15) is 0 Å². The lowest BCUT2D eigenvalue weighted by atomic mass is 10.1.